The zero-order chi connectivity index (χ0) is 14.1. The van der Waals surface area contributed by atoms with Gasteiger partial charge in [-0.3, -0.25) is 0 Å². The molecule has 1 nitrogen and oxygen atoms in total. The van der Waals surface area contributed by atoms with Gasteiger partial charge in [-0.05, 0) is 61.3 Å². The fraction of sp³-hybridized carbons (Fsp3) is 0.400. The molecule has 1 heterocycles. The summed E-state index contributed by atoms with van der Waals surface area (Å²) in [6.07, 6.45) is 7.74. The van der Waals surface area contributed by atoms with E-state index in [1.54, 1.807) is 11.1 Å². The van der Waals surface area contributed by atoms with Gasteiger partial charge in [0, 0.05) is 12.2 Å². The summed E-state index contributed by atoms with van der Waals surface area (Å²) in [4.78, 5) is 2.69. The van der Waals surface area contributed by atoms with Gasteiger partial charge in [-0.15, -0.1) is 0 Å². The minimum atomic E-state index is 0.578. The first-order valence-electron chi connectivity index (χ1n) is 8.36. The maximum atomic E-state index is 2.69. The van der Waals surface area contributed by atoms with Crippen LogP contribution in [0, 0.1) is 0 Å². The fourth-order valence-electron chi connectivity index (χ4n) is 4.10. The molecule has 0 spiro atoms. The number of anilines is 1. The summed E-state index contributed by atoms with van der Waals surface area (Å²) in [6.45, 7) is 1.20. The lowest BCUT2D eigenvalue weighted by Gasteiger charge is -2.37. The van der Waals surface area contributed by atoms with Crippen LogP contribution in [-0.2, 0) is 12.8 Å². The standard InChI is InChI=1S/C20H23N/c1-3-12-18-16(8-1)11-7-14-20(18)21-15-6-5-10-17-9-2-4-13-19(17)21/h1-4,8-9,12-13,20H,5-7,10-11,14-15H2. The van der Waals surface area contributed by atoms with Gasteiger partial charge in [-0.1, -0.05) is 42.5 Å². The van der Waals surface area contributed by atoms with Gasteiger partial charge in [-0.25, -0.2) is 0 Å². The van der Waals surface area contributed by atoms with Gasteiger partial charge < -0.3 is 4.90 Å². The predicted molar refractivity (Wildman–Crippen MR) is 88.8 cm³/mol. The molecule has 1 aliphatic carbocycles. The van der Waals surface area contributed by atoms with Gasteiger partial charge in [-0.2, -0.15) is 0 Å². The molecule has 2 aromatic rings. The van der Waals surface area contributed by atoms with Gasteiger partial charge in [0.05, 0.1) is 6.04 Å². The predicted octanol–water partition coefficient (Wildman–Crippen LogP) is 4.91. The monoisotopic (exact) mass is 277 g/mol. The lowest BCUT2D eigenvalue weighted by Crippen LogP contribution is -2.32. The molecule has 4 rings (SSSR count). The van der Waals surface area contributed by atoms with Crippen molar-refractivity contribution in [1.82, 2.24) is 0 Å². The molecule has 0 saturated carbocycles. The molecular weight excluding hydrogens is 254 g/mol. The molecule has 1 atom stereocenters. The maximum absolute atomic E-state index is 2.69. The van der Waals surface area contributed by atoms with Crippen LogP contribution >= 0.6 is 0 Å². The van der Waals surface area contributed by atoms with Gasteiger partial charge in [0.1, 0.15) is 0 Å². The average Bonchev–Trinajstić information content (AvgIpc) is 2.77. The van der Waals surface area contributed by atoms with Crippen LogP contribution in [0.1, 0.15) is 48.4 Å². The summed E-state index contributed by atoms with van der Waals surface area (Å²) in [6, 6.07) is 18.7. The highest BCUT2D eigenvalue weighted by Crippen LogP contribution is 2.39. The summed E-state index contributed by atoms with van der Waals surface area (Å²) in [5.74, 6) is 0. The first kappa shape index (κ1) is 12.9. The van der Waals surface area contributed by atoms with Crippen molar-refractivity contribution in [1.29, 1.82) is 0 Å². The minimum Gasteiger partial charge on any atom is -0.364 e. The third-order valence-electron chi connectivity index (χ3n) is 5.11. The van der Waals surface area contributed by atoms with Crippen LogP contribution in [0.5, 0.6) is 0 Å². The zero-order valence-corrected chi connectivity index (χ0v) is 12.6. The van der Waals surface area contributed by atoms with Gasteiger partial charge in [0.2, 0.25) is 0 Å². The van der Waals surface area contributed by atoms with Crippen molar-refractivity contribution in [3.63, 3.8) is 0 Å². The quantitative estimate of drug-likeness (QED) is 0.716. The van der Waals surface area contributed by atoms with E-state index in [9.17, 15) is 0 Å². The molecule has 21 heavy (non-hydrogen) atoms. The van der Waals surface area contributed by atoms with E-state index in [4.69, 9.17) is 0 Å². The fourth-order valence-corrected chi connectivity index (χ4v) is 4.10. The number of benzene rings is 2. The Morgan fingerprint density at radius 1 is 0.762 bits per heavy atom. The molecule has 0 amide bonds. The first-order chi connectivity index (χ1) is 10.4. The smallest absolute Gasteiger partial charge is 0.0545 e. The zero-order valence-electron chi connectivity index (χ0n) is 12.6. The molecule has 1 unspecified atom stereocenters. The first-order valence-corrected chi connectivity index (χ1v) is 8.36. The van der Waals surface area contributed by atoms with Gasteiger partial charge in [0.15, 0.2) is 0 Å². The van der Waals surface area contributed by atoms with Gasteiger partial charge in [0.25, 0.3) is 0 Å². The Labute approximate surface area is 127 Å². The van der Waals surface area contributed by atoms with E-state index >= 15 is 0 Å². The van der Waals surface area contributed by atoms with Crippen LogP contribution in [0.4, 0.5) is 5.69 Å². The molecule has 1 aliphatic heterocycles. The molecule has 2 aromatic carbocycles. The van der Waals surface area contributed by atoms with Crippen molar-refractivity contribution in [3.8, 4) is 0 Å². The summed E-state index contributed by atoms with van der Waals surface area (Å²) < 4.78 is 0. The Hall–Kier alpha value is -1.76. The normalized spacial score (nSPS) is 21.3. The molecule has 0 bridgehead atoms. The number of aryl methyl sites for hydroxylation is 2. The molecule has 108 valence electrons. The van der Waals surface area contributed by atoms with Crippen LogP contribution in [0.3, 0.4) is 0 Å². The second kappa shape index (κ2) is 5.55. The Morgan fingerprint density at radius 3 is 2.48 bits per heavy atom. The van der Waals surface area contributed by atoms with Gasteiger partial charge >= 0.3 is 0 Å². The molecular formula is C20H23N. The number of hydrogen-bond donors (Lipinski definition) is 0. The van der Waals surface area contributed by atoms with E-state index in [1.807, 2.05) is 0 Å². The Balaban J connectivity index is 1.77. The van der Waals surface area contributed by atoms with E-state index in [0.29, 0.717) is 6.04 Å². The SMILES string of the molecule is c1ccc2c(c1)CCCC2N1CCCCc2ccccc21. The van der Waals surface area contributed by atoms with Crippen LogP contribution < -0.4 is 4.90 Å². The number of para-hydroxylation sites is 1. The third-order valence-corrected chi connectivity index (χ3v) is 5.11. The molecule has 2 aliphatic rings. The van der Waals surface area contributed by atoms with Crippen molar-refractivity contribution >= 4 is 5.69 Å². The molecule has 0 N–H and O–H groups in total. The number of rotatable bonds is 1. The number of hydrogen-bond acceptors (Lipinski definition) is 1. The summed E-state index contributed by atoms with van der Waals surface area (Å²) >= 11 is 0. The third kappa shape index (κ3) is 2.35. The van der Waals surface area contributed by atoms with Crippen molar-refractivity contribution in [2.24, 2.45) is 0 Å². The summed E-state index contributed by atoms with van der Waals surface area (Å²) in [7, 11) is 0. The van der Waals surface area contributed by atoms with E-state index in [-0.39, 0.29) is 0 Å². The molecule has 0 fully saturated rings. The Bertz CT molecular complexity index is 631. The van der Waals surface area contributed by atoms with Crippen molar-refractivity contribution < 1.29 is 0 Å². The second-order valence-corrected chi connectivity index (χ2v) is 6.39. The second-order valence-electron chi connectivity index (χ2n) is 6.39. The van der Waals surface area contributed by atoms with Crippen LogP contribution in [0.15, 0.2) is 48.5 Å². The van der Waals surface area contributed by atoms with Crippen molar-refractivity contribution in [2.45, 2.75) is 44.6 Å². The van der Waals surface area contributed by atoms with Crippen molar-refractivity contribution in [2.75, 3.05) is 11.4 Å². The molecule has 0 radical (unpaired) electrons. The molecule has 0 aromatic heterocycles. The molecule has 0 saturated heterocycles. The van der Waals surface area contributed by atoms with E-state index < -0.39 is 0 Å². The van der Waals surface area contributed by atoms with E-state index in [1.165, 1.54) is 56.3 Å². The Kier molecular flexibility index (Phi) is 3.42. The van der Waals surface area contributed by atoms with Crippen molar-refractivity contribution in [3.05, 3.63) is 65.2 Å². The summed E-state index contributed by atoms with van der Waals surface area (Å²) in [5.41, 5.74) is 6.16. The highest BCUT2D eigenvalue weighted by atomic mass is 15.2. The van der Waals surface area contributed by atoms with Crippen LogP contribution in [0.2, 0.25) is 0 Å². The molecule has 1 heteroatoms. The van der Waals surface area contributed by atoms with E-state index in [2.05, 4.69) is 53.4 Å². The highest BCUT2D eigenvalue weighted by molar-refractivity contribution is 5.57. The maximum Gasteiger partial charge on any atom is 0.0545 e. The largest absolute Gasteiger partial charge is 0.364 e. The van der Waals surface area contributed by atoms with Crippen LogP contribution in [0.25, 0.3) is 0 Å². The average molecular weight is 277 g/mol. The lowest BCUT2D eigenvalue weighted by atomic mass is 9.86. The topological polar surface area (TPSA) is 3.24 Å². The minimum absolute atomic E-state index is 0.578. The van der Waals surface area contributed by atoms with E-state index in [0.717, 1.165) is 0 Å². The highest BCUT2D eigenvalue weighted by Gasteiger charge is 2.27. The number of fused-ring (bicyclic) bond motifs is 2. The lowest BCUT2D eigenvalue weighted by molar-refractivity contribution is 0.516. The number of nitrogens with zero attached hydrogens (tertiary/aromatic N) is 1. The summed E-state index contributed by atoms with van der Waals surface area (Å²) in [5, 5.41) is 0. The van der Waals surface area contributed by atoms with Crippen LogP contribution in [-0.4, -0.2) is 6.54 Å². The Morgan fingerprint density at radius 2 is 1.52 bits per heavy atom.